The number of aliphatic carboxylic acids is 1. The van der Waals surface area contributed by atoms with Gasteiger partial charge in [-0.15, -0.1) is 0 Å². The number of carbonyl (C=O) groups is 3. The molecular weight excluding hydrogens is 274 g/mol. The highest BCUT2D eigenvalue weighted by molar-refractivity contribution is 5.94. The van der Waals surface area contributed by atoms with Crippen molar-refractivity contribution in [3.8, 4) is 0 Å². The molecule has 7 nitrogen and oxygen atoms in total. The van der Waals surface area contributed by atoms with Crippen LogP contribution in [0.4, 0.5) is 4.79 Å². The molecule has 0 radical (unpaired) electrons. The van der Waals surface area contributed by atoms with E-state index in [9.17, 15) is 14.4 Å². The Kier molecular flexibility index (Phi) is 10.2. The van der Waals surface area contributed by atoms with Gasteiger partial charge in [-0.3, -0.25) is 14.9 Å². The van der Waals surface area contributed by atoms with Crippen molar-refractivity contribution in [2.24, 2.45) is 0 Å². The Morgan fingerprint density at radius 1 is 1.19 bits per heavy atom. The normalized spacial score (nSPS) is 12.0. The van der Waals surface area contributed by atoms with E-state index in [0.29, 0.717) is 25.4 Å². The van der Waals surface area contributed by atoms with Gasteiger partial charge in [0.2, 0.25) is 5.91 Å². The van der Waals surface area contributed by atoms with Crippen molar-refractivity contribution in [3.63, 3.8) is 0 Å². The first-order valence-electron chi connectivity index (χ1n) is 7.36. The van der Waals surface area contributed by atoms with Crippen LogP contribution in [0, 0.1) is 0 Å². The van der Waals surface area contributed by atoms with Gasteiger partial charge in [0.25, 0.3) is 0 Å². The highest BCUT2D eigenvalue weighted by atomic mass is 16.4. The molecule has 0 aliphatic rings. The minimum Gasteiger partial charge on any atom is -0.481 e. The summed E-state index contributed by atoms with van der Waals surface area (Å²) in [5.74, 6) is -1.26. The topological polar surface area (TPSA) is 98.7 Å². The van der Waals surface area contributed by atoms with Gasteiger partial charge in [-0.05, 0) is 33.2 Å². The van der Waals surface area contributed by atoms with Gasteiger partial charge in [0, 0.05) is 32.0 Å². The third-order valence-corrected chi connectivity index (χ3v) is 3.39. The van der Waals surface area contributed by atoms with Crippen LogP contribution in [0.15, 0.2) is 0 Å². The number of carboxylic acid groups (broad SMARTS) is 1. The summed E-state index contributed by atoms with van der Waals surface area (Å²) >= 11 is 0. The van der Waals surface area contributed by atoms with E-state index in [1.165, 1.54) is 0 Å². The van der Waals surface area contributed by atoms with E-state index in [1.807, 2.05) is 7.05 Å². The molecule has 0 aromatic carbocycles. The highest BCUT2D eigenvalue weighted by Crippen LogP contribution is 2.00. The summed E-state index contributed by atoms with van der Waals surface area (Å²) in [7, 11) is 1.99. The summed E-state index contributed by atoms with van der Waals surface area (Å²) in [5.41, 5.74) is 0. The number of amides is 3. The van der Waals surface area contributed by atoms with Gasteiger partial charge in [0.05, 0.1) is 0 Å². The van der Waals surface area contributed by atoms with Gasteiger partial charge in [0.15, 0.2) is 0 Å². The van der Waals surface area contributed by atoms with Crippen LogP contribution in [0.2, 0.25) is 0 Å². The highest BCUT2D eigenvalue weighted by Gasteiger charge is 2.09. The zero-order valence-corrected chi connectivity index (χ0v) is 13.1. The molecule has 1 unspecified atom stereocenters. The van der Waals surface area contributed by atoms with Crippen LogP contribution in [0.25, 0.3) is 0 Å². The summed E-state index contributed by atoms with van der Waals surface area (Å²) in [6, 6.07) is -0.0542. The Morgan fingerprint density at radius 3 is 2.38 bits per heavy atom. The molecular formula is C14H27N3O4. The van der Waals surface area contributed by atoms with Gasteiger partial charge in [-0.1, -0.05) is 6.92 Å². The number of unbranched alkanes of at least 4 members (excludes halogenated alkanes) is 1. The van der Waals surface area contributed by atoms with Crippen molar-refractivity contribution in [3.05, 3.63) is 0 Å². The van der Waals surface area contributed by atoms with Crippen LogP contribution in [-0.4, -0.2) is 54.1 Å². The molecule has 1 atom stereocenters. The summed E-state index contributed by atoms with van der Waals surface area (Å²) < 4.78 is 0. The van der Waals surface area contributed by atoms with E-state index in [-0.39, 0.29) is 18.7 Å². The minimum atomic E-state index is -0.876. The standard InChI is InChI=1S/C14H27N3O4/c1-4-11(2)17(3)10-9-15-14(21)16-12(18)7-5-6-8-13(19)20/h11H,4-10H2,1-3H3,(H,19,20)(H2,15,16,18,21). The number of likely N-dealkylation sites (N-methyl/N-ethyl adjacent to an activating group) is 1. The predicted molar refractivity (Wildman–Crippen MR) is 80.0 cm³/mol. The van der Waals surface area contributed by atoms with E-state index in [4.69, 9.17) is 5.11 Å². The number of hydrogen-bond donors (Lipinski definition) is 3. The van der Waals surface area contributed by atoms with Crippen LogP contribution in [0.3, 0.4) is 0 Å². The molecule has 21 heavy (non-hydrogen) atoms. The molecule has 0 aliphatic carbocycles. The number of hydrogen-bond acceptors (Lipinski definition) is 4. The fourth-order valence-electron chi connectivity index (χ4n) is 1.67. The van der Waals surface area contributed by atoms with E-state index >= 15 is 0 Å². The fourth-order valence-corrected chi connectivity index (χ4v) is 1.67. The van der Waals surface area contributed by atoms with Gasteiger partial charge in [0.1, 0.15) is 0 Å². The zero-order valence-electron chi connectivity index (χ0n) is 13.1. The molecule has 0 rings (SSSR count). The lowest BCUT2D eigenvalue weighted by molar-refractivity contribution is -0.137. The number of urea groups is 1. The molecule has 0 aromatic rings. The molecule has 0 heterocycles. The summed E-state index contributed by atoms with van der Waals surface area (Å²) in [5, 5.41) is 13.3. The van der Waals surface area contributed by atoms with Crippen LogP contribution in [0.1, 0.15) is 46.0 Å². The predicted octanol–water partition coefficient (Wildman–Crippen LogP) is 1.19. The van der Waals surface area contributed by atoms with Crippen LogP contribution in [0.5, 0.6) is 0 Å². The first-order chi connectivity index (χ1) is 9.86. The van der Waals surface area contributed by atoms with E-state index in [1.54, 1.807) is 0 Å². The van der Waals surface area contributed by atoms with Crippen LogP contribution < -0.4 is 10.6 Å². The van der Waals surface area contributed by atoms with E-state index in [2.05, 4.69) is 29.4 Å². The molecule has 0 fully saturated rings. The van der Waals surface area contributed by atoms with Gasteiger partial charge in [-0.25, -0.2) is 4.79 Å². The Hall–Kier alpha value is -1.63. The second-order valence-electron chi connectivity index (χ2n) is 5.14. The molecule has 3 N–H and O–H groups in total. The minimum absolute atomic E-state index is 0.0431. The maximum atomic E-state index is 11.5. The number of rotatable bonds is 10. The second kappa shape index (κ2) is 11.1. The number of carbonyl (C=O) groups excluding carboxylic acids is 2. The van der Waals surface area contributed by atoms with Gasteiger partial charge < -0.3 is 15.3 Å². The molecule has 0 bridgehead atoms. The number of carboxylic acids is 1. The van der Waals surface area contributed by atoms with Crippen LogP contribution >= 0.6 is 0 Å². The van der Waals surface area contributed by atoms with Gasteiger partial charge >= 0.3 is 12.0 Å². The zero-order chi connectivity index (χ0) is 16.3. The lowest BCUT2D eigenvalue weighted by Gasteiger charge is -2.23. The van der Waals surface area contributed by atoms with Crippen molar-refractivity contribution in [2.45, 2.75) is 52.0 Å². The monoisotopic (exact) mass is 301 g/mol. The Bertz CT molecular complexity index is 347. The quantitative estimate of drug-likeness (QED) is 0.526. The van der Waals surface area contributed by atoms with Gasteiger partial charge in [-0.2, -0.15) is 0 Å². The Labute approximate surface area is 126 Å². The molecule has 0 aromatic heterocycles. The van der Waals surface area contributed by atoms with E-state index in [0.717, 1.165) is 13.0 Å². The first kappa shape index (κ1) is 19.4. The number of nitrogens with one attached hydrogen (secondary N) is 2. The van der Waals surface area contributed by atoms with Crippen molar-refractivity contribution in [1.82, 2.24) is 15.5 Å². The molecule has 122 valence electrons. The van der Waals surface area contributed by atoms with Crippen molar-refractivity contribution in [1.29, 1.82) is 0 Å². The third kappa shape index (κ3) is 10.8. The maximum Gasteiger partial charge on any atom is 0.321 e. The average molecular weight is 301 g/mol. The number of nitrogens with zero attached hydrogens (tertiary/aromatic N) is 1. The lowest BCUT2D eigenvalue weighted by atomic mass is 10.2. The molecule has 0 spiro atoms. The number of imide groups is 1. The molecule has 7 heteroatoms. The van der Waals surface area contributed by atoms with E-state index < -0.39 is 12.0 Å². The fraction of sp³-hybridized carbons (Fsp3) is 0.786. The lowest BCUT2D eigenvalue weighted by Crippen LogP contribution is -2.43. The molecule has 0 saturated carbocycles. The van der Waals surface area contributed by atoms with Crippen molar-refractivity contribution < 1.29 is 19.5 Å². The molecule has 0 aliphatic heterocycles. The molecule has 0 saturated heterocycles. The largest absolute Gasteiger partial charge is 0.481 e. The average Bonchev–Trinajstić information content (AvgIpc) is 2.42. The SMILES string of the molecule is CCC(C)N(C)CCNC(=O)NC(=O)CCCCC(=O)O. The van der Waals surface area contributed by atoms with Crippen molar-refractivity contribution >= 4 is 17.9 Å². The Balaban J connectivity index is 3.69. The smallest absolute Gasteiger partial charge is 0.321 e. The molecule has 3 amide bonds. The maximum absolute atomic E-state index is 11.5. The van der Waals surface area contributed by atoms with Crippen LogP contribution in [-0.2, 0) is 9.59 Å². The second-order valence-corrected chi connectivity index (χ2v) is 5.14. The summed E-state index contributed by atoms with van der Waals surface area (Å²) in [4.78, 5) is 35.3. The third-order valence-electron chi connectivity index (χ3n) is 3.39. The summed E-state index contributed by atoms with van der Waals surface area (Å²) in [6.07, 6.45) is 2.14. The first-order valence-corrected chi connectivity index (χ1v) is 7.36. The van der Waals surface area contributed by atoms with Crippen molar-refractivity contribution in [2.75, 3.05) is 20.1 Å². The summed E-state index contributed by atoms with van der Waals surface area (Å²) in [6.45, 7) is 5.40. The Morgan fingerprint density at radius 2 is 1.81 bits per heavy atom.